The number of pyridine rings is 1. The number of guanidine groups is 1. The van der Waals surface area contributed by atoms with Gasteiger partial charge in [-0.15, -0.1) is 35.3 Å². The highest BCUT2D eigenvalue weighted by atomic mass is 127. The van der Waals surface area contributed by atoms with Crippen molar-refractivity contribution in [3.05, 3.63) is 52.0 Å². The van der Waals surface area contributed by atoms with Gasteiger partial charge in [-0.1, -0.05) is 6.07 Å². The van der Waals surface area contributed by atoms with Crippen LogP contribution in [0.25, 0.3) is 0 Å². The molecule has 136 valence electrons. The fourth-order valence-corrected chi connectivity index (χ4v) is 3.80. The highest BCUT2D eigenvalue weighted by Crippen LogP contribution is 2.25. The summed E-state index contributed by atoms with van der Waals surface area (Å²) in [4.78, 5) is 12.8. The molecule has 2 aromatic rings. The normalized spacial score (nSPS) is 16.0. The van der Waals surface area contributed by atoms with E-state index in [1.165, 1.54) is 10.4 Å². The molecular weight excluding hydrogens is 445 g/mol. The Kier molecular flexibility index (Phi) is 8.11. The fourth-order valence-electron chi connectivity index (χ4n) is 2.91. The van der Waals surface area contributed by atoms with Crippen molar-refractivity contribution in [3.63, 3.8) is 0 Å². The quantitative estimate of drug-likeness (QED) is 0.386. The zero-order valence-electron chi connectivity index (χ0n) is 14.5. The lowest BCUT2D eigenvalue weighted by atomic mass is 10.1. The lowest BCUT2D eigenvalue weighted by Gasteiger charge is -2.31. The van der Waals surface area contributed by atoms with Crippen molar-refractivity contribution in [1.29, 1.82) is 0 Å². The van der Waals surface area contributed by atoms with E-state index in [2.05, 4.69) is 38.6 Å². The van der Waals surface area contributed by atoms with Crippen molar-refractivity contribution in [1.82, 2.24) is 15.2 Å². The molecule has 2 aromatic heterocycles. The molecule has 0 amide bonds. The van der Waals surface area contributed by atoms with E-state index >= 15 is 0 Å². The Morgan fingerprint density at radius 3 is 3.12 bits per heavy atom. The molecule has 1 aliphatic heterocycles. The third-order valence-corrected chi connectivity index (χ3v) is 5.42. The molecule has 1 unspecified atom stereocenters. The molecule has 3 heterocycles. The van der Waals surface area contributed by atoms with Gasteiger partial charge in [-0.3, -0.25) is 14.9 Å². The molecule has 0 spiro atoms. The van der Waals surface area contributed by atoms with Gasteiger partial charge in [-0.2, -0.15) is 0 Å². The van der Waals surface area contributed by atoms with E-state index in [9.17, 15) is 0 Å². The monoisotopic (exact) mass is 471 g/mol. The molecule has 25 heavy (non-hydrogen) atoms. The Balaban J connectivity index is 0.00000225. The number of nitrogens with zero attached hydrogens (tertiary/aromatic N) is 3. The van der Waals surface area contributed by atoms with Crippen molar-refractivity contribution in [2.75, 3.05) is 19.6 Å². The van der Waals surface area contributed by atoms with E-state index < -0.39 is 0 Å². The molecule has 0 saturated heterocycles. The van der Waals surface area contributed by atoms with Crippen LogP contribution in [0, 0.1) is 0 Å². The second-order valence-electron chi connectivity index (χ2n) is 6.16. The summed E-state index contributed by atoms with van der Waals surface area (Å²) in [7, 11) is 0. The van der Waals surface area contributed by atoms with Crippen LogP contribution in [0.1, 0.15) is 23.1 Å². The van der Waals surface area contributed by atoms with E-state index in [0.29, 0.717) is 12.0 Å². The molecule has 0 bridgehead atoms. The van der Waals surface area contributed by atoms with E-state index in [1.54, 1.807) is 0 Å². The highest BCUT2D eigenvalue weighted by molar-refractivity contribution is 14.0. The van der Waals surface area contributed by atoms with E-state index in [1.807, 2.05) is 35.7 Å². The van der Waals surface area contributed by atoms with E-state index in [0.717, 1.165) is 44.7 Å². The van der Waals surface area contributed by atoms with Crippen LogP contribution in [0.5, 0.6) is 0 Å². The van der Waals surface area contributed by atoms with Gasteiger partial charge in [0.1, 0.15) is 0 Å². The molecule has 0 aliphatic carbocycles. The summed E-state index contributed by atoms with van der Waals surface area (Å²) in [6, 6.07) is 8.59. The summed E-state index contributed by atoms with van der Waals surface area (Å²) in [5, 5.41) is 5.37. The Labute approximate surface area is 170 Å². The molecule has 0 fully saturated rings. The zero-order valence-corrected chi connectivity index (χ0v) is 17.7. The highest BCUT2D eigenvalue weighted by Gasteiger charge is 2.21. The number of halogens is 1. The van der Waals surface area contributed by atoms with Gasteiger partial charge in [0.2, 0.25) is 0 Å². The number of fused-ring (bicyclic) bond motifs is 1. The average molecular weight is 471 g/mol. The maximum atomic E-state index is 5.98. The van der Waals surface area contributed by atoms with Crippen molar-refractivity contribution in [3.8, 4) is 0 Å². The number of hydrogen-bond donors (Lipinski definition) is 2. The maximum Gasteiger partial charge on any atom is 0.188 e. The molecule has 0 saturated carbocycles. The van der Waals surface area contributed by atoms with Gasteiger partial charge < -0.3 is 11.1 Å². The predicted octanol–water partition coefficient (Wildman–Crippen LogP) is 2.65. The van der Waals surface area contributed by atoms with Crippen LogP contribution in [-0.4, -0.2) is 41.5 Å². The van der Waals surface area contributed by atoms with Gasteiger partial charge >= 0.3 is 0 Å². The van der Waals surface area contributed by atoms with Crippen molar-refractivity contribution in [2.24, 2.45) is 10.7 Å². The molecular formula is C18H26IN5S. The number of aromatic nitrogens is 1. The number of aliphatic imine (C=N–C) groups is 1. The number of rotatable bonds is 6. The largest absolute Gasteiger partial charge is 0.370 e. The maximum absolute atomic E-state index is 5.98. The van der Waals surface area contributed by atoms with Crippen LogP contribution in [-0.2, 0) is 19.4 Å². The SMILES string of the molecule is CC(CN=C(N)NCCc1ccccn1)N1CCc2sccc2C1.I. The van der Waals surface area contributed by atoms with Gasteiger partial charge in [0.25, 0.3) is 0 Å². The first kappa shape index (κ1) is 20.1. The Morgan fingerprint density at radius 2 is 2.32 bits per heavy atom. The van der Waals surface area contributed by atoms with Crippen molar-refractivity contribution in [2.45, 2.75) is 32.4 Å². The van der Waals surface area contributed by atoms with E-state index in [-0.39, 0.29) is 24.0 Å². The van der Waals surface area contributed by atoms with Gasteiger partial charge in [-0.25, -0.2) is 0 Å². The number of nitrogens with two attached hydrogens (primary N) is 1. The molecule has 0 radical (unpaired) electrons. The summed E-state index contributed by atoms with van der Waals surface area (Å²) >= 11 is 1.88. The number of nitrogens with one attached hydrogen (secondary N) is 1. The van der Waals surface area contributed by atoms with Crippen LogP contribution in [0.15, 0.2) is 40.8 Å². The minimum absolute atomic E-state index is 0. The van der Waals surface area contributed by atoms with Gasteiger partial charge in [0, 0.05) is 48.9 Å². The lowest BCUT2D eigenvalue weighted by molar-refractivity contribution is 0.197. The minimum Gasteiger partial charge on any atom is -0.370 e. The molecule has 3 N–H and O–H groups in total. The number of thiophene rings is 1. The fraction of sp³-hybridized carbons (Fsp3) is 0.444. The molecule has 3 rings (SSSR count). The van der Waals surface area contributed by atoms with Gasteiger partial charge in [-0.05, 0) is 42.5 Å². The first-order chi connectivity index (χ1) is 11.7. The molecule has 7 heteroatoms. The summed E-state index contributed by atoms with van der Waals surface area (Å²) in [5.41, 5.74) is 8.51. The second-order valence-corrected chi connectivity index (χ2v) is 7.16. The summed E-state index contributed by atoms with van der Waals surface area (Å²) < 4.78 is 0. The second kappa shape index (κ2) is 10.1. The number of hydrogen-bond acceptors (Lipinski definition) is 4. The van der Waals surface area contributed by atoms with Gasteiger partial charge in [0.15, 0.2) is 5.96 Å². The third-order valence-electron chi connectivity index (χ3n) is 4.40. The standard InChI is InChI=1S/C18H25N5S.HI/c1-14(23-10-6-17-15(13-23)7-11-24-17)12-22-18(19)21-9-5-16-4-2-3-8-20-16;/h2-4,7-8,11,14H,5-6,9-10,12-13H2,1H3,(H3,19,21,22);1H. The van der Waals surface area contributed by atoms with Gasteiger partial charge in [0.05, 0.1) is 6.54 Å². The Hall–Kier alpha value is -1.19. The average Bonchev–Trinajstić information content (AvgIpc) is 3.08. The van der Waals surface area contributed by atoms with E-state index in [4.69, 9.17) is 5.73 Å². The summed E-state index contributed by atoms with van der Waals surface area (Å²) in [6.45, 7) is 5.84. The van der Waals surface area contributed by atoms with Crippen LogP contribution < -0.4 is 11.1 Å². The zero-order chi connectivity index (χ0) is 16.8. The Morgan fingerprint density at radius 1 is 1.44 bits per heavy atom. The predicted molar refractivity (Wildman–Crippen MR) is 116 cm³/mol. The first-order valence-corrected chi connectivity index (χ1v) is 9.33. The summed E-state index contributed by atoms with van der Waals surface area (Å²) in [5.74, 6) is 0.519. The first-order valence-electron chi connectivity index (χ1n) is 8.45. The molecule has 5 nitrogen and oxygen atoms in total. The molecule has 0 aromatic carbocycles. The van der Waals surface area contributed by atoms with Crippen LogP contribution in [0.3, 0.4) is 0 Å². The van der Waals surface area contributed by atoms with Crippen LogP contribution >= 0.6 is 35.3 Å². The van der Waals surface area contributed by atoms with Crippen molar-refractivity contribution < 1.29 is 0 Å². The smallest absolute Gasteiger partial charge is 0.188 e. The molecule has 1 aliphatic rings. The minimum atomic E-state index is 0. The third kappa shape index (κ3) is 5.93. The van der Waals surface area contributed by atoms with Crippen LogP contribution in [0.4, 0.5) is 0 Å². The molecule has 1 atom stereocenters. The lowest BCUT2D eigenvalue weighted by Crippen LogP contribution is -2.40. The summed E-state index contributed by atoms with van der Waals surface area (Å²) in [6.07, 6.45) is 3.81. The van der Waals surface area contributed by atoms with Crippen LogP contribution in [0.2, 0.25) is 0 Å². The van der Waals surface area contributed by atoms with Crippen molar-refractivity contribution >= 4 is 41.3 Å². The topological polar surface area (TPSA) is 66.5 Å². The Bertz CT molecular complexity index is 673.